The SMILES string of the molecule is CCOC(=O)CNC(=O)N(C)CCCC(=O)O. The molecule has 7 heteroatoms. The van der Waals surface area contributed by atoms with Crippen molar-refractivity contribution >= 4 is 18.0 Å². The van der Waals surface area contributed by atoms with Gasteiger partial charge in [0.15, 0.2) is 0 Å². The van der Waals surface area contributed by atoms with Gasteiger partial charge in [0, 0.05) is 20.0 Å². The van der Waals surface area contributed by atoms with Crippen molar-refractivity contribution in [1.29, 1.82) is 0 Å². The average molecular weight is 246 g/mol. The molecule has 0 rings (SSSR count). The molecule has 7 nitrogen and oxygen atoms in total. The Morgan fingerprint density at radius 3 is 2.53 bits per heavy atom. The fourth-order valence-corrected chi connectivity index (χ4v) is 1.06. The number of nitrogens with one attached hydrogen (secondary N) is 1. The van der Waals surface area contributed by atoms with Crippen molar-refractivity contribution in [1.82, 2.24) is 10.2 Å². The van der Waals surface area contributed by atoms with E-state index in [4.69, 9.17) is 5.11 Å². The van der Waals surface area contributed by atoms with E-state index in [9.17, 15) is 14.4 Å². The third-order valence-corrected chi connectivity index (χ3v) is 1.92. The van der Waals surface area contributed by atoms with E-state index in [0.29, 0.717) is 13.0 Å². The second-order valence-corrected chi connectivity index (χ2v) is 3.38. The van der Waals surface area contributed by atoms with Gasteiger partial charge in [-0.2, -0.15) is 0 Å². The molecule has 0 aliphatic heterocycles. The van der Waals surface area contributed by atoms with Crippen LogP contribution in [0.15, 0.2) is 0 Å². The second-order valence-electron chi connectivity index (χ2n) is 3.38. The molecule has 0 saturated carbocycles. The number of nitrogens with zero attached hydrogens (tertiary/aromatic N) is 1. The highest BCUT2D eigenvalue weighted by molar-refractivity contribution is 5.80. The smallest absolute Gasteiger partial charge is 0.325 e. The number of carbonyl (C=O) groups is 3. The molecule has 2 N–H and O–H groups in total. The van der Waals surface area contributed by atoms with Crippen LogP contribution in [0, 0.1) is 0 Å². The summed E-state index contributed by atoms with van der Waals surface area (Å²) >= 11 is 0. The van der Waals surface area contributed by atoms with Gasteiger partial charge in [-0.25, -0.2) is 4.79 Å². The van der Waals surface area contributed by atoms with Gasteiger partial charge < -0.3 is 20.1 Å². The van der Waals surface area contributed by atoms with Gasteiger partial charge in [-0.15, -0.1) is 0 Å². The number of esters is 1. The fourth-order valence-electron chi connectivity index (χ4n) is 1.06. The first-order chi connectivity index (χ1) is 7.97. The normalized spacial score (nSPS) is 9.53. The molecule has 0 fully saturated rings. The van der Waals surface area contributed by atoms with Crippen molar-refractivity contribution in [3.63, 3.8) is 0 Å². The number of amides is 2. The van der Waals surface area contributed by atoms with Crippen LogP contribution >= 0.6 is 0 Å². The lowest BCUT2D eigenvalue weighted by molar-refractivity contribution is -0.141. The van der Waals surface area contributed by atoms with Crippen molar-refractivity contribution in [3.8, 4) is 0 Å². The van der Waals surface area contributed by atoms with Crippen molar-refractivity contribution in [2.75, 3.05) is 26.7 Å². The molecule has 0 saturated heterocycles. The Labute approximate surface area is 99.7 Å². The lowest BCUT2D eigenvalue weighted by Gasteiger charge is -2.16. The fraction of sp³-hybridized carbons (Fsp3) is 0.700. The first-order valence-corrected chi connectivity index (χ1v) is 5.33. The number of aliphatic carboxylic acids is 1. The van der Waals surface area contributed by atoms with Gasteiger partial charge in [-0.1, -0.05) is 0 Å². The molecule has 17 heavy (non-hydrogen) atoms. The van der Waals surface area contributed by atoms with Crippen molar-refractivity contribution in [2.24, 2.45) is 0 Å². The Balaban J connectivity index is 3.74. The molecule has 2 amide bonds. The minimum Gasteiger partial charge on any atom is -0.481 e. The van der Waals surface area contributed by atoms with E-state index >= 15 is 0 Å². The number of hydrogen-bond donors (Lipinski definition) is 2. The maximum absolute atomic E-state index is 11.4. The van der Waals surface area contributed by atoms with Crippen LogP contribution in [0.3, 0.4) is 0 Å². The summed E-state index contributed by atoms with van der Waals surface area (Å²) in [5, 5.41) is 10.8. The lowest BCUT2D eigenvalue weighted by atomic mass is 10.3. The highest BCUT2D eigenvalue weighted by atomic mass is 16.5. The highest BCUT2D eigenvalue weighted by Gasteiger charge is 2.10. The van der Waals surface area contributed by atoms with E-state index in [1.54, 1.807) is 6.92 Å². The Morgan fingerprint density at radius 2 is 2.00 bits per heavy atom. The minimum absolute atomic E-state index is 0.00942. The van der Waals surface area contributed by atoms with Gasteiger partial charge in [-0.05, 0) is 13.3 Å². The van der Waals surface area contributed by atoms with Gasteiger partial charge >= 0.3 is 18.0 Å². The summed E-state index contributed by atoms with van der Waals surface area (Å²) in [6.07, 6.45) is 0.383. The summed E-state index contributed by atoms with van der Waals surface area (Å²) in [4.78, 5) is 33.9. The monoisotopic (exact) mass is 246 g/mol. The first kappa shape index (κ1) is 15.2. The third kappa shape index (κ3) is 8.06. The van der Waals surface area contributed by atoms with E-state index in [1.807, 2.05) is 0 Å². The van der Waals surface area contributed by atoms with Gasteiger partial charge in [0.05, 0.1) is 6.61 Å². The predicted molar refractivity (Wildman–Crippen MR) is 59.5 cm³/mol. The molecule has 98 valence electrons. The van der Waals surface area contributed by atoms with Gasteiger partial charge in [0.2, 0.25) is 0 Å². The molecule has 0 radical (unpaired) electrons. The average Bonchev–Trinajstić information content (AvgIpc) is 2.25. The van der Waals surface area contributed by atoms with Crippen LogP contribution in [0.2, 0.25) is 0 Å². The number of carboxylic acid groups (broad SMARTS) is 1. The molecule has 0 unspecified atom stereocenters. The predicted octanol–water partition coefficient (Wildman–Crippen LogP) is 0.0557. The zero-order chi connectivity index (χ0) is 13.3. The molecule has 0 aliphatic rings. The Morgan fingerprint density at radius 1 is 1.35 bits per heavy atom. The number of carbonyl (C=O) groups excluding carboxylic acids is 2. The van der Waals surface area contributed by atoms with Crippen LogP contribution in [0.1, 0.15) is 19.8 Å². The van der Waals surface area contributed by atoms with Crippen LogP contribution in [-0.2, 0) is 14.3 Å². The zero-order valence-corrected chi connectivity index (χ0v) is 10.1. The molecule has 0 aromatic rings. The molecular weight excluding hydrogens is 228 g/mol. The summed E-state index contributed by atoms with van der Waals surface area (Å²) in [5.41, 5.74) is 0. The van der Waals surface area contributed by atoms with Crippen molar-refractivity contribution in [2.45, 2.75) is 19.8 Å². The molecule has 0 aromatic carbocycles. The van der Waals surface area contributed by atoms with Crippen molar-refractivity contribution < 1.29 is 24.2 Å². The largest absolute Gasteiger partial charge is 0.481 e. The summed E-state index contributed by atoms with van der Waals surface area (Å²) in [6, 6.07) is -0.427. The summed E-state index contributed by atoms with van der Waals surface area (Å²) in [6.45, 7) is 2.08. The van der Waals surface area contributed by atoms with E-state index in [0.717, 1.165) is 0 Å². The topological polar surface area (TPSA) is 95.9 Å². The summed E-state index contributed by atoms with van der Waals surface area (Å²) < 4.78 is 4.63. The number of carboxylic acids is 1. The van der Waals surface area contributed by atoms with Gasteiger partial charge in [-0.3, -0.25) is 9.59 Å². The number of urea groups is 1. The standard InChI is InChI=1S/C10H18N2O5/c1-3-17-9(15)7-11-10(16)12(2)6-4-5-8(13)14/h3-7H2,1-2H3,(H,11,16)(H,13,14). The Kier molecular flexibility index (Phi) is 7.49. The van der Waals surface area contributed by atoms with Gasteiger partial charge in [0.25, 0.3) is 0 Å². The van der Waals surface area contributed by atoms with Crippen LogP contribution in [0.4, 0.5) is 4.79 Å². The zero-order valence-electron chi connectivity index (χ0n) is 10.1. The lowest BCUT2D eigenvalue weighted by Crippen LogP contribution is -2.40. The molecule has 0 aromatic heterocycles. The van der Waals surface area contributed by atoms with Crippen LogP contribution in [0.5, 0.6) is 0 Å². The van der Waals surface area contributed by atoms with Gasteiger partial charge in [0.1, 0.15) is 6.54 Å². The molecule has 0 bridgehead atoms. The molecule has 0 spiro atoms. The maximum Gasteiger partial charge on any atom is 0.325 e. The van der Waals surface area contributed by atoms with E-state index in [2.05, 4.69) is 10.1 Å². The Bertz CT molecular complexity index is 280. The van der Waals surface area contributed by atoms with Crippen LogP contribution < -0.4 is 5.32 Å². The first-order valence-electron chi connectivity index (χ1n) is 5.33. The highest BCUT2D eigenvalue weighted by Crippen LogP contribution is 1.93. The number of hydrogen-bond acceptors (Lipinski definition) is 4. The minimum atomic E-state index is -0.898. The molecule has 0 atom stereocenters. The second kappa shape index (κ2) is 8.37. The van der Waals surface area contributed by atoms with Crippen molar-refractivity contribution in [3.05, 3.63) is 0 Å². The molecule has 0 aliphatic carbocycles. The molecular formula is C10H18N2O5. The third-order valence-electron chi connectivity index (χ3n) is 1.92. The molecule has 0 heterocycles. The van der Waals surface area contributed by atoms with E-state index in [-0.39, 0.29) is 19.6 Å². The van der Waals surface area contributed by atoms with E-state index in [1.165, 1.54) is 11.9 Å². The quantitative estimate of drug-likeness (QED) is 0.619. The Hall–Kier alpha value is -1.79. The van der Waals surface area contributed by atoms with E-state index < -0.39 is 18.0 Å². The van der Waals surface area contributed by atoms with Crippen LogP contribution in [-0.4, -0.2) is 54.7 Å². The summed E-state index contributed by atoms with van der Waals surface area (Å²) in [5.74, 6) is -1.40. The van der Waals surface area contributed by atoms with Crippen LogP contribution in [0.25, 0.3) is 0 Å². The maximum atomic E-state index is 11.4. The number of rotatable bonds is 7. The summed E-state index contributed by atoms with van der Waals surface area (Å²) in [7, 11) is 1.53. The number of ether oxygens (including phenoxy) is 1.